The summed E-state index contributed by atoms with van der Waals surface area (Å²) in [6, 6.07) is 6.15. The van der Waals surface area contributed by atoms with Gasteiger partial charge in [-0.3, -0.25) is 0 Å². The molecule has 0 radical (unpaired) electrons. The van der Waals surface area contributed by atoms with Crippen LogP contribution in [0.3, 0.4) is 0 Å². The van der Waals surface area contributed by atoms with E-state index in [0.29, 0.717) is 5.56 Å². The molecule has 1 rings (SSSR count). The molecule has 1 atom stereocenters. The topological polar surface area (TPSA) is 91.2 Å². The monoisotopic (exact) mass is 283 g/mol. The minimum absolute atomic E-state index is 0.0131. The van der Waals surface area contributed by atoms with Crippen LogP contribution in [0.15, 0.2) is 23.1 Å². The molecule has 0 bridgehead atoms. The van der Waals surface area contributed by atoms with Gasteiger partial charge in [0.05, 0.1) is 18.7 Å². The number of nitriles is 1. The van der Waals surface area contributed by atoms with E-state index >= 15 is 0 Å². The third-order valence-corrected chi connectivity index (χ3v) is 4.12. The van der Waals surface area contributed by atoms with Crippen LogP contribution in [0.2, 0.25) is 0 Å². The van der Waals surface area contributed by atoms with E-state index in [2.05, 4.69) is 10.0 Å². The number of nitrogens with one attached hydrogen (secondary N) is 2. The smallest absolute Gasteiger partial charge is 0.244 e. The molecule has 0 fully saturated rings. The molecule has 104 valence electrons. The van der Waals surface area contributed by atoms with Crippen molar-refractivity contribution in [2.45, 2.75) is 17.9 Å². The summed E-state index contributed by atoms with van der Waals surface area (Å²) < 4.78 is 31.8. The van der Waals surface area contributed by atoms with Crippen molar-refractivity contribution in [1.82, 2.24) is 10.0 Å². The van der Waals surface area contributed by atoms with Gasteiger partial charge in [-0.25, -0.2) is 13.1 Å². The number of likely N-dealkylation sites (N-methyl/N-ethyl adjacent to an activating group) is 1. The van der Waals surface area contributed by atoms with E-state index in [-0.39, 0.29) is 23.2 Å². The second-order valence-electron chi connectivity index (χ2n) is 4.02. The standard InChI is InChI=1S/C12H17N3O3S/c1-9(14-2)8-15-19(16,17)12-5-4-10(7-13)6-11(12)18-3/h4-6,9,14-15H,8H2,1-3H3. The van der Waals surface area contributed by atoms with E-state index in [9.17, 15) is 8.42 Å². The summed E-state index contributed by atoms with van der Waals surface area (Å²) in [7, 11) is -0.540. The maximum atomic E-state index is 12.1. The van der Waals surface area contributed by atoms with Crippen LogP contribution in [0.5, 0.6) is 5.75 Å². The normalized spacial score (nSPS) is 12.7. The second kappa shape index (κ2) is 6.52. The summed E-state index contributed by atoms with van der Waals surface area (Å²) in [5.74, 6) is 0.156. The summed E-state index contributed by atoms with van der Waals surface area (Å²) >= 11 is 0. The van der Waals surface area contributed by atoms with E-state index in [1.54, 1.807) is 7.05 Å². The van der Waals surface area contributed by atoms with Gasteiger partial charge >= 0.3 is 0 Å². The Balaban J connectivity index is 3.04. The Kier molecular flexibility index (Phi) is 5.30. The predicted molar refractivity (Wildman–Crippen MR) is 71.4 cm³/mol. The highest BCUT2D eigenvalue weighted by Gasteiger charge is 2.20. The molecule has 7 heteroatoms. The van der Waals surface area contributed by atoms with Crippen LogP contribution in [0, 0.1) is 11.3 Å². The van der Waals surface area contributed by atoms with Crippen molar-refractivity contribution in [3.05, 3.63) is 23.8 Å². The lowest BCUT2D eigenvalue weighted by Crippen LogP contribution is -2.37. The molecule has 1 aromatic rings. The molecule has 0 aromatic heterocycles. The van der Waals surface area contributed by atoms with Crippen molar-refractivity contribution in [3.63, 3.8) is 0 Å². The molecule has 1 unspecified atom stereocenters. The Labute approximate surface area is 113 Å². The summed E-state index contributed by atoms with van der Waals surface area (Å²) in [4.78, 5) is 0.0253. The van der Waals surface area contributed by atoms with Crippen molar-refractivity contribution < 1.29 is 13.2 Å². The molecule has 2 N–H and O–H groups in total. The quantitative estimate of drug-likeness (QED) is 0.791. The van der Waals surface area contributed by atoms with Crippen molar-refractivity contribution >= 4 is 10.0 Å². The van der Waals surface area contributed by atoms with E-state index < -0.39 is 10.0 Å². The molecule has 0 aliphatic carbocycles. The molecule has 0 aliphatic heterocycles. The molecular weight excluding hydrogens is 266 g/mol. The molecule has 6 nitrogen and oxygen atoms in total. The Morgan fingerprint density at radius 2 is 2.16 bits per heavy atom. The Morgan fingerprint density at radius 3 is 2.68 bits per heavy atom. The molecule has 0 saturated heterocycles. The van der Waals surface area contributed by atoms with E-state index in [4.69, 9.17) is 10.00 Å². The van der Waals surface area contributed by atoms with Gasteiger partial charge in [-0.2, -0.15) is 5.26 Å². The largest absolute Gasteiger partial charge is 0.495 e. The van der Waals surface area contributed by atoms with Crippen LogP contribution in [0.4, 0.5) is 0 Å². The minimum atomic E-state index is -3.66. The Bertz CT molecular complexity index is 578. The van der Waals surface area contributed by atoms with E-state index in [1.165, 1.54) is 25.3 Å². The van der Waals surface area contributed by atoms with Crippen molar-refractivity contribution in [2.24, 2.45) is 0 Å². The molecule has 1 aromatic carbocycles. The lowest BCUT2D eigenvalue weighted by atomic mass is 10.2. The lowest BCUT2D eigenvalue weighted by Gasteiger charge is -2.14. The van der Waals surface area contributed by atoms with Crippen LogP contribution in [-0.2, 0) is 10.0 Å². The van der Waals surface area contributed by atoms with Gasteiger partial charge < -0.3 is 10.1 Å². The van der Waals surface area contributed by atoms with Gasteiger partial charge in [0.25, 0.3) is 0 Å². The molecule has 19 heavy (non-hydrogen) atoms. The molecule has 0 aliphatic rings. The molecular formula is C12H17N3O3S. The van der Waals surface area contributed by atoms with Gasteiger partial charge in [0, 0.05) is 12.6 Å². The lowest BCUT2D eigenvalue weighted by molar-refractivity contribution is 0.402. The van der Waals surface area contributed by atoms with Crippen LogP contribution in [-0.4, -0.2) is 35.2 Å². The summed E-state index contributed by atoms with van der Waals surface area (Å²) in [6.07, 6.45) is 0. The van der Waals surface area contributed by atoms with Gasteiger partial charge in [0.15, 0.2) is 0 Å². The predicted octanol–water partition coefficient (Wildman–Crippen LogP) is 0.453. The summed E-state index contributed by atoms with van der Waals surface area (Å²) in [5, 5.41) is 11.7. The molecule has 0 amide bonds. The highest BCUT2D eigenvalue weighted by molar-refractivity contribution is 7.89. The number of hydrogen-bond acceptors (Lipinski definition) is 5. The van der Waals surface area contributed by atoms with Gasteiger partial charge in [0.2, 0.25) is 10.0 Å². The van der Waals surface area contributed by atoms with Crippen LogP contribution in [0.25, 0.3) is 0 Å². The maximum absolute atomic E-state index is 12.1. The first-order valence-corrected chi connectivity index (χ1v) is 7.18. The fourth-order valence-corrected chi connectivity index (χ4v) is 2.65. The fourth-order valence-electron chi connectivity index (χ4n) is 1.37. The molecule has 0 heterocycles. The summed E-state index contributed by atoms with van der Waals surface area (Å²) in [5.41, 5.74) is 0.347. The third-order valence-electron chi connectivity index (χ3n) is 2.65. The number of hydrogen-bond donors (Lipinski definition) is 2. The summed E-state index contributed by atoms with van der Waals surface area (Å²) in [6.45, 7) is 2.13. The Morgan fingerprint density at radius 1 is 1.47 bits per heavy atom. The van der Waals surface area contributed by atoms with Crippen molar-refractivity contribution in [1.29, 1.82) is 5.26 Å². The van der Waals surface area contributed by atoms with E-state index in [0.717, 1.165) is 0 Å². The Hall–Kier alpha value is -1.62. The zero-order chi connectivity index (χ0) is 14.5. The SMILES string of the molecule is CNC(C)CNS(=O)(=O)c1ccc(C#N)cc1OC. The molecule has 0 spiro atoms. The second-order valence-corrected chi connectivity index (χ2v) is 5.75. The number of rotatable bonds is 6. The van der Waals surface area contributed by atoms with Gasteiger partial charge in [0.1, 0.15) is 10.6 Å². The maximum Gasteiger partial charge on any atom is 0.244 e. The number of methoxy groups -OCH3 is 1. The number of nitrogens with zero attached hydrogens (tertiary/aromatic N) is 1. The first-order chi connectivity index (χ1) is 8.94. The van der Waals surface area contributed by atoms with Crippen LogP contribution in [0.1, 0.15) is 12.5 Å². The zero-order valence-electron chi connectivity index (χ0n) is 11.1. The van der Waals surface area contributed by atoms with Gasteiger partial charge in [-0.15, -0.1) is 0 Å². The van der Waals surface area contributed by atoms with Crippen molar-refractivity contribution in [3.8, 4) is 11.8 Å². The minimum Gasteiger partial charge on any atom is -0.495 e. The van der Waals surface area contributed by atoms with Crippen molar-refractivity contribution in [2.75, 3.05) is 20.7 Å². The first-order valence-electron chi connectivity index (χ1n) is 5.69. The van der Waals surface area contributed by atoms with Crippen LogP contribution < -0.4 is 14.8 Å². The van der Waals surface area contributed by atoms with E-state index in [1.807, 2.05) is 13.0 Å². The third kappa shape index (κ3) is 3.92. The number of ether oxygens (including phenoxy) is 1. The average Bonchev–Trinajstić information content (AvgIpc) is 2.43. The first kappa shape index (κ1) is 15.4. The molecule has 0 saturated carbocycles. The number of sulfonamides is 1. The van der Waals surface area contributed by atoms with Crippen LogP contribution >= 0.6 is 0 Å². The van der Waals surface area contributed by atoms with Gasteiger partial charge in [-0.1, -0.05) is 0 Å². The number of benzene rings is 1. The van der Waals surface area contributed by atoms with Gasteiger partial charge in [-0.05, 0) is 32.2 Å². The average molecular weight is 283 g/mol. The zero-order valence-corrected chi connectivity index (χ0v) is 11.9. The highest BCUT2D eigenvalue weighted by Crippen LogP contribution is 2.24. The highest BCUT2D eigenvalue weighted by atomic mass is 32.2. The fraction of sp³-hybridized carbons (Fsp3) is 0.417.